The van der Waals surface area contributed by atoms with Gasteiger partial charge in [0.15, 0.2) is 0 Å². The monoisotopic (exact) mass is 640 g/mol. The van der Waals surface area contributed by atoms with E-state index < -0.39 is 0 Å². The Morgan fingerprint density at radius 2 is 0.900 bits per heavy atom. The zero-order valence-corrected chi connectivity index (χ0v) is 26.9. The number of furan rings is 2. The molecule has 3 heterocycles. The molecule has 4 nitrogen and oxygen atoms in total. The van der Waals surface area contributed by atoms with Gasteiger partial charge in [-0.05, 0) is 72.1 Å². The van der Waals surface area contributed by atoms with Gasteiger partial charge in [0.1, 0.15) is 22.3 Å². The first kappa shape index (κ1) is 27.2. The third-order valence-corrected chi connectivity index (χ3v) is 10.2. The van der Waals surface area contributed by atoms with Gasteiger partial charge in [-0.3, -0.25) is 0 Å². The third-order valence-electron chi connectivity index (χ3n) is 10.2. The van der Waals surface area contributed by atoms with Crippen LogP contribution in [0.15, 0.2) is 179 Å². The van der Waals surface area contributed by atoms with Gasteiger partial charge in [0, 0.05) is 66.9 Å². The average molecular weight is 641 g/mol. The highest BCUT2D eigenvalue weighted by Gasteiger charge is 2.21. The first-order valence-electron chi connectivity index (χ1n) is 16.9. The van der Waals surface area contributed by atoms with Crippen molar-refractivity contribution in [2.45, 2.75) is 0 Å². The Balaban J connectivity index is 1.20. The summed E-state index contributed by atoms with van der Waals surface area (Å²) in [6.45, 7) is 0. The van der Waals surface area contributed by atoms with Crippen LogP contribution in [0.1, 0.15) is 0 Å². The predicted octanol–water partition coefficient (Wildman–Crippen LogP) is 13.2. The molecule has 50 heavy (non-hydrogen) atoms. The summed E-state index contributed by atoms with van der Waals surface area (Å²) in [5.74, 6) is 0. The van der Waals surface area contributed by atoms with Crippen LogP contribution >= 0.6 is 0 Å². The third kappa shape index (κ3) is 3.87. The van der Waals surface area contributed by atoms with Crippen LogP contribution in [0.5, 0.6) is 0 Å². The van der Waals surface area contributed by atoms with Crippen molar-refractivity contribution >= 4 is 93.5 Å². The summed E-state index contributed by atoms with van der Waals surface area (Å²) in [5, 5.41) is 9.27. The Labute approximate surface area is 286 Å². The number of fused-ring (bicyclic) bond motifs is 11. The van der Waals surface area contributed by atoms with E-state index in [2.05, 4.69) is 155 Å². The molecule has 4 heteroatoms. The summed E-state index contributed by atoms with van der Waals surface area (Å²) in [6, 6.07) is 60.1. The summed E-state index contributed by atoms with van der Waals surface area (Å²) in [6.07, 6.45) is 0. The number of anilines is 3. The molecule has 0 N–H and O–H groups in total. The zero-order chi connectivity index (χ0) is 32.8. The van der Waals surface area contributed by atoms with E-state index in [1.807, 2.05) is 24.3 Å². The summed E-state index contributed by atoms with van der Waals surface area (Å²) < 4.78 is 15.2. The molecule has 0 amide bonds. The molecule has 3 aromatic heterocycles. The molecule has 8 aromatic carbocycles. The van der Waals surface area contributed by atoms with E-state index in [0.717, 1.165) is 72.0 Å². The van der Waals surface area contributed by atoms with Gasteiger partial charge >= 0.3 is 0 Å². The second kappa shape index (κ2) is 10.4. The summed E-state index contributed by atoms with van der Waals surface area (Å²) in [7, 11) is 0. The van der Waals surface area contributed by atoms with E-state index in [4.69, 9.17) is 8.83 Å². The molecule has 0 saturated carbocycles. The smallest absolute Gasteiger partial charge is 0.137 e. The minimum Gasteiger partial charge on any atom is -0.456 e. The lowest BCUT2D eigenvalue weighted by atomic mass is 10.0. The number of aromatic nitrogens is 1. The number of nitrogens with zero attached hydrogens (tertiary/aromatic N) is 2. The maximum Gasteiger partial charge on any atom is 0.137 e. The lowest BCUT2D eigenvalue weighted by molar-refractivity contribution is 0.669. The average Bonchev–Trinajstić information content (AvgIpc) is 3.84. The molecule has 234 valence electrons. The number of para-hydroxylation sites is 4. The van der Waals surface area contributed by atoms with Crippen LogP contribution in [-0.2, 0) is 0 Å². The molecule has 0 bridgehead atoms. The highest BCUT2D eigenvalue weighted by molar-refractivity contribution is 6.23. The minimum atomic E-state index is 0.854. The van der Waals surface area contributed by atoms with Gasteiger partial charge in [-0.25, -0.2) is 0 Å². The first-order valence-corrected chi connectivity index (χ1v) is 16.9. The standard InChI is InChI=1S/C46H28N2O2/c1-2-11-29(12-3-1)48-40-17-7-4-15-38(40)46-37-16-10-18-39(32(37)25-26-41(46)48)47(30-21-23-35-33-13-5-8-19-42(33)49-44(35)27-30)31-22-24-36-34-14-6-9-20-43(34)50-45(36)28-31/h1-28H. The van der Waals surface area contributed by atoms with Gasteiger partial charge in [0.05, 0.1) is 16.7 Å². The van der Waals surface area contributed by atoms with Crippen molar-refractivity contribution in [1.82, 2.24) is 4.57 Å². The molecule has 0 unspecified atom stereocenters. The van der Waals surface area contributed by atoms with E-state index in [9.17, 15) is 0 Å². The van der Waals surface area contributed by atoms with Crippen molar-refractivity contribution in [3.8, 4) is 5.69 Å². The van der Waals surface area contributed by atoms with Crippen molar-refractivity contribution < 1.29 is 8.83 Å². The molecule has 0 atom stereocenters. The van der Waals surface area contributed by atoms with Crippen molar-refractivity contribution in [1.29, 1.82) is 0 Å². The maximum absolute atomic E-state index is 6.42. The van der Waals surface area contributed by atoms with Crippen LogP contribution in [0.4, 0.5) is 17.1 Å². The van der Waals surface area contributed by atoms with Crippen LogP contribution in [0, 0.1) is 0 Å². The van der Waals surface area contributed by atoms with Crippen LogP contribution in [0.3, 0.4) is 0 Å². The quantitative estimate of drug-likeness (QED) is 0.192. The molecule has 0 spiro atoms. The SMILES string of the molecule is c1ccc(-n2c3ccccc3c3c4cccc(N(c5ccc6c(c5)oc5ccccc56)c5ccc6c(c5)oc5ccccc56)c4ccc32)cc1. The number of rotatable bonds is 4. The van der Waals surface area contributed by atoms with Crippen LogP contribution in [0.25, 0.3) is 82.1 Å². The fourth-order valence-corrected chi connectivity index (χ4v) is 7.99. The second-order valence-corrected chi connectivity index (χ2v) is 12.9. The van der Waals surface area contributed by atoms with Gasteiger partial charge in [0.2, 0.25) is 0 Å². The van der Waals surface area contributed by atoms with Crippen LogP contribution in [-0.4, -0.2) is 4.57 Å². The largest absolute Gasteiger partial charge is 0.456 e. The molecule has 11 rings (SSSR count). The Kier molecular flexibility index (Phi) is 5.63. The summed E-state index contributed by atoms with van der Waals surface area (Å²) in [5.41, 5.74) is 10.1. The van der Waals surface area contributed by atoms with E-state index in [0.29, 0.717) is 0 Å². The molecule has 11 aromatic rings. The molecule has 0 saturated heterocycles. The maximum atomic E-state index is 6.42. The second-order valence-electron chi connectivity index (χ2n) is 12.9. The molecule has 0 fully saturated rings. The fourth-order valence-electron chi connectivity index (χ4n) is 7.99. The van der Waals surface area contributed by atoms with E-state index in [1.54, 1.807) is 0 Å². The van der Waals surface area contributed by atoms with Crippen molar-refractivity contribution in [2.75, 3.05) is 4.90 Å². The fraction of sp³-hybridized carbons (Fsp3) is 0. The normalized spacial score (nSPS) is 12.0. The van der Waals surface area contributed by atoms with Crippen LogP contribution in [0.2, 0.25) is 0 Å². The molecular formula is C46H28N2O2. The lowest BCUT2D eigenvalue weighted by Gasteiger charge is -2.27. The highest BCUT2D eigenvalue weighted by atomic mass is 16.3. The predicted molar refractivity (Wildman–Crippen MR) is 208 cm³/mol. The van der Waals surface area contributed by atoms with E-state index in [1.165, 1.54) is 27.2 Å². The van der Waals surface area contributed by atoms with Gasteiger partial charge in [-0.15, -0.1) is 0 Å². The van der Waals surface area contributed by atoms with Crippen molar-refractivity contribution in [3.05, 3.63) is 170 Å². The number of hydrogen-bond acceptors (Lipinski definition) is 3. The van der Waals surface area contributed by atoms with Gasteiger partial charge in [-0.2, -0.15) is 0 Å². The van der Waals surface area contributed by atoms with Gasteiger partial charge < -0.3 is 18.3 Å². The molecule has 0 aliphatic rings. The zero-order valence-electron chi connectivity index (χ0n) is 26.9. The summed E-state index contributed by atoms with van der Waals surface area (Å²) in [4.78, 5) is 2.34. The van der Waals surface area contributed by atoms with Crippen LogP contribution < -0.4 is 4.90 Å². The Morgan fingerprint density at radius 1 is 0.360 bits per heavy atom. The number of benzene rings is 8. The summed E-state index contributed by atoms with van der Waals surface area (Å²) >= 11 is 0. The molecule has 0 aliphatic carbocycles. The van der Waals surface area contributed by atoms with E-state index in [-0.39, 0.29) is 0 Å². The molecular weight excluding hydrogens is 613 g/mol. The van der Waals surface area contributed by atoms with Gasteiger partial charge in [0.25, 0.3) is 0 Å². The Hall–Kier alpha value is -6.78. The Morgan fingerprint density at radius 3 is 1.58 bits per heavy atom. The van der Waals surface area contributed by atoms with Crippen molar-refractivity contribution in [2.24, 2.45) is 0 Å². The first-order chi connectivity index (χ1) is 24.8. The minimum absolute atomic E-state index is 0.854. The topological polar surface area (TPSA) is 34.5 Å². The lowest BCUT2D eigenvalue weighted by Crippen LogP contribution is -2.10. The van der Waals surface area contributed by atoms with E-state index >= 15 is 0 Å². The molecule has 0 radical (unpaired) electrons. The van der Waals surface area contributed by atoms with Gasteiger partial charge in [-0.1, -0.05) is 91.0 Å². The van der Waals surface area contributed by atoms with Crippen molar-refractivity contribution in [3.63, 3.8) is 0 Å². The number of hydrogen-bond donors (Lipinski definition) is 0. The highest BCUT2D eigenvalue weighted by Crippen LogP contribution is 2.45. The molecule has 0 aliphatic heterocycles. The Bertz CT molecular complexity index is 3000.